The third-order valence-corrected chi connectivity index (χ3v) is 4.24. The summed E-state index contributed by atoms with van der Waals surface area (Å²) >= 11 is 3.58. The van der Waals surface area contributed by atoms with Gasteiger partial charge in [-0.3, -0.25) is 0 Å². The van der Waals surface area contributed by atoms with Gasteiger partial charge in [-0.2, -0.15) is 0 Å². The number of nitrogens with zero attached hydrogens (tertiary/aromatic N) is 1. The Morgan fingerprint density at radius 3 is 2.68 bits per heavy atom. The van der Waals surface area contributed by atoms with E-state index in [1.807, 2.05) is 0 Å². The minimum Gasteiger partial charge on any atom is -0.312 e. The van der Waals surface area contributed by atoms with Crippen LogP contribution in [0.5, 0.6) is 0 Å². The van der Waals surface area contributed by atoms with E-state index in [-0.39, 0.29) is 0 Å². The molecule has 0 amide bonds. The topological polar surface area (TPSA) is 17.0 Å². The van der Waals surface area contributed by atoms with Crippen molar-refractivity contribution in [2.24, 2.45) is 0 Å². The molecule has 0 radical (unpaired) electrons. The molecule has 1 aliphatic heterocycles. The minimum absolute atomic E-state index is 0.941. The first kappa shape index (κ1) is 11.3. The van der Waals surface area contributed by atoms with Crippen LogP contribution in [0.1, 0.15) is 11.3 Å². The molecule has 0 bridgehead atoms. The molecule has 19 heavy (non-hydrogen) atoms. The van der Waals surface area contributed by atoms with E-state index in [1.165, 1.54) is 27.8 Å². The molecule has 2 aromatic carbocycles. The molecular formula is C16H13BrN2. The number of aromatic nitrogens is 1. The second-order valence-electron chi connectivity index (χ2n) is 4.86. The maximum Gasteiger partial charge on any atom is 0.0536 e. The van der Waals surface area contributed by atoms with Gasteiger partial charge >= 0.3 is 0 Å². The maximum absolute atomic E-state index is 3.58. The maximum atomic E-state index is 3.58. The Labute approximate surface area is 120 Å². The Morgan fingerprint density at radius 2 is 1.84 bits per heavy atom. The van der Waals surface area contributed by atoms with Crippen molar-refractivity contribution in [3.8, 4) is 5.69 Å². The van der Waals surface area contributed by atoms with Crippen LogP contribution in [0.4, 0.5) is 0 Å². The van der Waals surface area contributed by atoms with Crippen molar-refractivity contribution in [1.82, 2.24) is 9.88 Å². The number of fused-ring (bicyclic) bond motifs is 3. The van der Waals surface area contributed by atoms with Crippen LogP contribution in [-0.4, -0.2) is 4.57 Å². The van der Waals surface area contributed by atoms with Gasteiger partial charge < -0.3 is 9.88 Å². The monoisotopic (exact) mass is 312 g/mol. The summed E-state index contributed by atoms with van der Waals surface area (Å²) < 4.78 is 3.51. The number of rotatable bonds is 1. The van der Waals surface area contributed by atoms with Crippen LogP contribution < -0.4 is 5.32 Å². The number of para-hydroxylation sites is 1. The average molecular weight is 313 g/mol. The Bertz CT molecular complexity index is 759. The summed E-state index contributed by atoms with van der Waals surface area (Å²) in [6.45, 7) is 1.90. The average Bonchev–Trinajstić information content (AvgIpc) is 3.00. The molecule has 2 heterocycles. The Morgan fingerprint density at radius 1 is 1.00 bits per heavy atom. The number of halogens is 1. The molecule has 2 nitrogen and oxygen atoms in total. The number of hydrogen-bond acceptors (Lipinski definition) is 1. The summed E-state index contributed by atoms with van der Waals surface area (Å²) in [5.41, 5.74) is 5.35. The van der Waals surface area contributed by atoms with E-state index in [1.54, 1.807) is 0 Å². The zero-order chi connectivity index (χ0) is 12.8. The van der Waals surface area contributed by atoms with E-state index in [2.05, 4.69) is 74.3 Å². The van der Waals surface area contributed by atoms with Gasteiger partial charge in [0, 0.05) is 34.3 Å². The fraction of sp³-hybridized carbons (Fsp3) is 0.125. The van der Waals surface area contributed by atoms with Crippen molar-refractivity contribution in [3.63, 3.8) is 0 Å². The Balaban J connectivity index is 2.11. The lowest BCUT2D eigenvalue weighted by Gasteiger charge is -2.09. The van der Waals surface area contributed by atoms with E-state index in [9.17, 15) is 0 Å². The highest BCUT2D eigenvalue weighted by atomic mass is 79.9. The van der Waals surface area contributed by atoms with Crippen molar-refractivity contribution >= 4 is 26.8 Å². The molecule has 0 aliphatic carbocycles. The molecule has 4 rings (SSSR count). The van der Waals surface area contributed by atoms with E-state index in [0.717, 1.165) is 17.6 Å². The van der Waals surface area contributed by atoms with Crippen molar-refractivity contribution in [2.75, 3.05) is 0 Å². The van der Waals surface area contributed by atoms with Crippen LogP contribution in [0.25, 0.3) is 16.6 Å². The summed E-state index contributed by atoms with van der Waals surface area (Å²) in [5.74, 6) is 0. The fourth-order valence-corrected chi connectivity index (χ4v) is 3.30. The second-order valence-corrected chi connectivity index (χ2v) is 5.78. The van der Waals surface area contributed by atoms with Gasteiger partial charge in [0.25, 0.3) is 0 Å². The normalized spacial score (nSPS) is 13.9. The number of hydrogen-bond donors (Lipinski definition) is 1. The standard InChI is InChI=1S/C16H13BrN2/c17-11-6-7-15-13(8-11)14-9-18-10-16(14)19(15)12-4-2-1-3-5-12/h1-8,18H,9-10H2. The van der Waals surface area contributed by atoms with Crippen LogP contribution in [0.15, 0.2) is 53.0 Å². The lowest BCUT2D eigenvalue weighted by Crippen LogP contribution is -2.06. The Kier molecular flexibility index (Phi) is 2.50. The molecule has 1 N–H and O–H groups in total. The molecule has 0 unspecified atom stereocenters. The quantitative estimate of drug-likeness (QED) is 0.718. The van der Waals surface area contributed by atoms with Crippen LogP contribution in [0.3, 0.4) is 0 Å². The highest BCUT2D eigenvalue weighted by Crippen LogP contribution is 2.33. The summed E-state index contributed by atoms with van der Waals surface area (Å²) in [6, 6.07) is 17.1. The summed E-state index contributed by atoms with van der Waals surface area (Å²) in [6.07, 6.45) is 0. The fourth-order valence-electron chi connectivity index (χ4n) is 2.94. The molecule has 0 spiro atoms. The smallest absolute Gasteiger partial charge is 0.0536 e. The number of benzene rings is 2. The molecule has 3 aromatic rings. The summed E-state index contributed by atoms with van der Waals surface area (Å²) in [5, 5.41) is 4.80. The van der Waals surface area contributed by atoms with Crippen molar-refractivity contribution in [2.45, 2.75) is 13.1 Å². The predicted molar refractivity (Wildman–Crippen MR) is 81.5 cm³/mol. The van der Waals surface area contributed by atoms with Crippen LogP contribution in [-0.2, 0) is 13.1 Å². The summed E-state index contributed by atoms with van der Waals surface area (Å²) in [4.78, 5) is 0. The first-order valence-electron chi connectivity index (χ1n) is 6.42. The zero-order valence-corrected chi connectivity index (χ0v) is 11.9. The van der Waals surface area contributed by atoms with Crippen LogP contribution in [0.2, 0.25) is 0 Å². The van der Waals surface area contributed by atoms with Crippen molar-refractivity contribution in [1.29, 1.82) is 0 Å². The third kappa shape index (κ3) is 1.66. The second kappa shape index (κ2) is 4.22. The SMILES string of the molecule is Brc1ccc2c(c1)c1c(n2-c2ccccc2)CNC1. The largest absolute Gasteiger partial charge is 0.312 e. The van der Waals surface area contributed by atoms with Gasteiger partial charge in [-0.25, -0.2) is 0 Å². The Hall–Kier alpha value is -1.58. The van der Waals surface area contributed by atoms with E-state index in [0.29, 0.717) is 0 Å². The molecule has 0 atom stereocenters. The molecule has 94 valence electrons. The highest BCUT2D eigenvalue weighted by Gasteiger charge is 2.21. The molecule has 1 aliphatic rings. The first-order valence-corrected chi connectivity index (χ1v) is 7.22. The molecule has 0 fully saturated rings. The van der Waals surface area contributed by atoms with Gasteiger partial charge in [0.1, 0.15) is 0 Å². The van der Waals surface area contributed by atoms with E-state index < -0.39 is 0 Å². The van der Waals surface area contributed by atoms with E-state index >= 15 is 0 Å². The highest BCUT2D eigenvalue weighted by molar-refractivity contribution is 9.10. The minimum atomic E-state index is 0.941. The third-order valence-electron chi connectivity index (χ3n) is 3.75. The molecule has 0 saturated carbocycles. The first-order chi connectivity index (χ1) is 9.34. The van der Waals surface area contributed by atoms with Crippen LogP contribution >= 0.6 is 15.9 Å². The van der Waals surface area contributed by atoms with Gasteiger partial charge in [-0.15, -0.1) is 0 Å². The zero-order valence-electron chi connectivity index (χ0n) is 10.4. The van der Waals surface area contributed by atoms with Crippen molar-refractivity contribution < 1.29 is 0 Å². The molecule has 0 saturated heterocycles. The van der Waals surface area contributed by atoms with Gasteiger partial charge in [-0.05, 0) is 35.9 Å². The van der Waals surface area contributed by atoms with Crippen molar-refractivity contribution in [3.05, 3.63) is 64.3 Å². The van der Waals surface area contributed by atoms with E-state index in [4.69, 9.17) is 0 Å². The van der Waals surface area contributed by atoms with Gasteiger partial charge in [0.2, 0.25) is 0 Å². The molecule has 1 aromatic heterocycles. The lowest BCUT2D eigenvalue weighted by atomic mass is 10.1. The summed E-state index contributed by atoms with van der Waals surface area (Å²) in [7, 11) is 0. The molecular weight excluding hydrogens is 300 g/mol. The molecule has 3 heteroatoms. The van der Waals surface area contributed by atoms with Gasteiger partial charge in [-0.1, -0.05) is 34.1 Å². The predicted octanol–water partition coefficient (Wildman–Crippen LogP) is 4.00. The van der Waals surface area contributed by atoms with Crippen LogP contribution in [0, 0.1) is 0 Å². The van der Waals surface area contributed by atoms with Gasteiger partial charge in [0.15, 0.2) is 0 Å². The van der Waals surface area contributed by atoms with Gasteiger partial charge in [0.05, 0.1) is 5.52 Å². The lowest BCUT2D eigenvalue weighted by molar-refractivity contribution is 0.747. The number of nitrogens with one attached hydrogen (secondary N) is 1.